The minimum absolute atomic E-state index is 0.105. The number of urea groups is 1. The second kappa shape index (κ2) is 10.1. The molecule has 2 aromatic rings. The molecule has 2 N–H and O–H groups in total. The second-order valence-corrected chi connectivity index (χ2v) is 7.45. The van der Waals surface area contributed by atoms with Gasteiger partial charge in [-0.3, -0.25) is 14.9 Å². The van der Waals surface area contributed by atoms with Crippen molar-refractivity contribution in [2.24, 2.45) is 0 Å². The monoisotopic (exact) mass is 402 g/mol. The smallest absolute Gasteiger partial charge is 0.321 e. The predicted octanol–water partition coefficient (Wildman–Crippen LogP) is 2.80. The third-order valence-corrected chi connectivity index (χ3v) is 5.08. The molecule has 0 bridgehead atoms. The van der Waals surface area contributed by atoms with Crippen molar-refractivity contribution in [3.63, 3.8) is 0 Å². The Kier molecular flexibility index (Phi) is 7.83. The molecular weight excluding hydrogens is 388 g/mol. The molecule has 0 radical (unpaired) electrons. The first kappa shape index (κ1) is 19.4. The van der Waals surface area contributed by atoms with Crippen LogP contribution in [-0.4, -0.2) is 30.3 Å². The molecule has 0 unspecified atom stereocenters. The Morgan fingerprint density at radius 1 is 1.28 bits per heavy atom. The summed E-state index contributed by atoms with van der Waals surface area (Å²) >= 11 is 8.62. The molecule has 7 nitrogen and oxygen atoms in total. The van der Waals surface area contributed by atoms with E-state index in [1.807, 2.05) is 6.07 Å². The van der Waals surface area contributed by atoms with Gasteiger partial charge >= 0.3 is 12.0 Å². The summed E-state index contributed by atoms with van der Waals surface area (Å²) in [7, 11) is 0. The van der Waals surface area contributed by atoms with Crippen LogP contribution in [0.5, 0.6) is 0 Å². The van der Waals surface area contributed by atoms with E-state index in [4.69, 9.17) is 20.8 Å². The summed E-state index contributed by atoms with van der Waals surface area (Å²) in [5.74, 6) is 0.0543. The molecule has 2 aromatic heterocycles. The van der Waals surface area contributed by atoms with Gasteiger partial charge in [0.15, 0.2) is 6.61 Å². The zero-order chi connectivity index (χ0) is 18.1. The maximum Gasteiger partial charge on any atom is 0.321 e. The Bertz CT molecular complexity index is 717. The average Bonchev–Trinajstić information content (AvgIpc) is 3.23. The molecule has 2 heterocycles. The average molecular weight is 403 g/mol. The normalized spacial score (nSPS) is 10.3. The van der Waals surface area contributed by atoms with Crippen LogP contribution in [0.1, 0.15) is 10.6 Å². The van der Waals surface area contributed by atoms with E-state index >= 15 is 0 Å². The highest BCUT2D eigenvalue weighted by molar-refractivity contribution is 7.99. The number of thiophene rings is 1. The zero-order valence-corrected chi connectivity index (χ0v) is 15.3. The van der Waals surface area contributed by atoms with Crippen molar-refractivity contribution < 1.29 is 23.5 Å². The SMILES string of the molecule is O=C(COC(=O)CSCc1ccc(Cl)s1)NC(=O)NCc1ccco1. The van der Waals surface area contributed by atoms with E-state index in [2.05, 4.69) is 10.6 Å². The first-order valence-electron chi connectivity index (χ1n) is 7.10. The Labute approximate surface area is 157 Å². The van der Waals surface area contributed by atoms with Crippen LogP contribution >= 0.6 is 34.7 Å². The Hall–Kier alpha value is -1.97. The van der Waals surface area contributed by atoms with Crippen molar-refractivity contribution in [2.45, 2.75) is 12.3 Å². The fourth-order valence-electron chi connectivity index (χ4n) is 1.64. The van der Waals surface area contributed by atoms with Gasteiger partial charge in [0.2, 0.25) is 0 Å². The highest BCUT2D eigenvalue weighted by atomic mass is 35.5. The van der Waals surface area contributed by atoms with Gasteiger partial charge in [0.25, 0.3) is 5.91 Å². The third-order valence-electron chi connectivity index (χ3n) is 2.71. The maximum atomic E-state index is 11.6. The van der Waals surface area contributed by atoms with Gasteiger partial charge in [-0.15, -0.1) is 23.1 Å². The van der Waals surface area contributed by atoms with Crippen molar-refractivity contribution in [2.75, 3.05) is 12.4 Å². The van der Waals surface area contributed by atoms with Crippen LogP contribution in [-0.2, 0) is 26.6 Å². The highest BCUT2D eigenvalue weighted by Gasteiger charge is 2.11. The topological polar surface area (TPSA) is 97.6 Å². The molecule has 0 fully saturated rings. The summed E-state index contributed by atoms with van der Waals surface area (Å²) in [6.07, 6.45) is 1.48. The minimum atomic E-state index is -0.708. The number of imide groups is 1. The molecule has 0 aliphatic rings. The molecule has 0 aliphatic heterocycles. The minimum Gasteiger partial charge on any atom is -0.467 e. The predicted molar refractivity (Wildman–Crippen MR) is 95.5 cm³/mol. The lowest BCUT2D eigenvalue weighted by Gasteiger charge is -2.06. The number of nitrogens with one attached hydrogen (secondary N) is 2. The first-order chi connectivity index (χ1) is 12.0. The van der Waals surface area contributed by atoms with Crippen LogP contribution in [0.2, 0.25) is 4.34 Å². The van der Waals surface area contributed by atoms with E-state index in [0.717, 1.165) is 4.88 Å². The Morgan fingerprint density at radius 3 is 2.80 bits per heavy atom. The Morgan fingerprint density at radius 2 is 2.12 bits per heavy atom. The van der Waals surface area contributed by atoms with Crippen LogP contribution in [0, 0.1) is 0 Å². The molecule has 134 valence electrons. The number of amides is 3. The third kappa shape index (κ3) is 7.63. The van der Waals surface area contributed by atoms with Crippen LogP contribution < -0.4 is 10.6 Å². The molecule has 0 spiro atoms. The molecule has 2 rings (SSSR count). The van der Waals surface area contributed by atoms with Crippen LogP contribution in [0.25, 0.3) is 0 Å². The zero-order valence-electron chi connectivity index (χ0n) is 13.0. The van der Waals surface area contributed by atoms with Crippen molar-refractivity contribution in [3.05, 3.63) is 45.5 Å². The number of carbonyl (C=O) groups is 3. The number of ether oxygens (including phenoxy) is 1. The van der Waals surface area contributed by atoms with E-state index in [0.29, 0.717) is 15.8 Å². The number of furan rings is 1. The summed E-state index contributed by atoms with van der Waals surface area (Å²) in [5.41, 5.74) is 0. The van der Waals surface area contributed by atoms with Gasteiger partial charge < -0.3 is 14.5 Å². The number of carbonyl (C=O) groups excluding carboxylic acids is 3. The molecular formula is C15H15ClN2O5S2. The molecule has 0 atom stereocenters. The summed E-state index contributed by atoms with van der Waals surface area (Å²) in [4.78, 5) is 35.6. The quantitative estimate of drug-likeness (QED) is 0.659. The fraction of sp³-hybridized carbons (Fsp3) is 0.267. The molecule has 25 heavy (non-hydrogen) atoms. The number of esters is 1. The fourth-order valence-corrected chi connectivity index (χ4v) is 3.66. The van der Waals surface area contributed by atoms with Crippen molar-refractivity contribution in [3.8, 4) is 0 Å². The van der Waals surface area contributed by atoms with Crippen molar-refractivity contribution in [1.29, 1.82) is 0 Å². The lowest BCUT2D eigenvalue weighted by molar-refractivity contribution is -0.145. The largest absolute Gasteiger partial charge is 0.467 e. The Balaban J connectivity index is 1.55. The summed E-state index contributed by atoms with van der Waals surface area (Å²) < 4.78 is 10.5. The van der Waals surface area contributed by atoms with Gasteiger partial charge in [-0.25, -0.2) is 4.79 Å². The van der Waals surface area contributed by atoms with E-state index < -0.39 is 24.5 Å². The van der Waals surface area contributed by atoms with E-state index in [-0.39, 0.29) is 12.3 Å². The molecule has 10 heteroatoms. The van der Waals surface area contributed by atoms with Gasteiger partial charge in [0.05, 0.1) is 22.9 Å². The van der Waals surface area contributed by atoms with Crippen LogP contribution in [0.3, 0.4) is 0 Å². The van der Waals surface area contributed by atoms with Gasteiger partial charge in [-0.05, 0) is 24.3 Å². The van der Waals surface area contributed by atoms with Crippen molar-refractivity contribution >= 4 is 52.6 Å². The molecule has 0 saturated heterocycles. The van der Waals surface area contributed by atoms with E-state index in [1.165, 1.54) is 29.4 Å². The van der Waals surface area contributed by atoms with Crippen molar-refractivity contribution in [1.82, 2.24) is 10.6 Å². The molecule has 3 amide bonds. The number of hydrogen-bond donors (Lipinski definition) is 2. The molecule has 0 aromatic carbocycles. The number of thioether (sulfide) groups is 1. The van der Waals surface area contributed by atoms with Crippen LogP contribution in [0.4, 0.5) is 4.79 Å². The van der Waals surface area contributed by atoms with Crippen LogP contribution in [0.15, 0.2) is 34.9 Å². The number of rotatable bonds is 8. The summed E-state index contributed by atoms with van der Waals surface area (Å²) in [6.45, 7) is -0.367. The summed E-state index contributed by atoms with van der Waals surface area (Å²) in [5, 5.41) is 4.49. The van der Waals surface area contributed by atoms with E-state index in [1.54, 1.807) is 18.2 Å². The van der Waals surface area contributed by atoms with Gasteiger partial charge in [0, 0.05) is 10.6 Å². The van der Waals surface area contributed by atoms with Gasteiger partial charge in [0.1, 0.15) is 5.76 Å². The lowest BCUT2D eigenvalue weighted by atomic mass is 10.4. The maximum absolute atomic E-state index is 11.6. The number of halogens is 1. The standard InChI is InChI=1S/C15H15ClN2O5S2/c16-12-4-3-11(25-12)8-24-9-14(20)23-7-13(19)18-15(21)17-6-10-2-1-5-22-10/h1-5H,6-9H2,(H2,17,18,19,21). The van der Waals surface area contributed by atoms with E-state index in [9.17, 15) is 14.4 Å². The van der Waals surface area contributed by atoms with Gasteiger partial charge in [-0.1, -0.05) is 11.6 Å². The lowest BCUT2D eigenvalue weighted by Crippen LogP contribution is -2.41. The highest BCUT2D eigenvalue weighted by Crippen LogP contribution is 2.25. The first-order valence-corrected chi connectivity index (χ1v) is 9.45. The number of hydrogen-bond acceptors (Lipinski definition) is 7. The second-order valence-electron chi connectivity index (χ2n) is 4.67. The summed E-state index contributed by atoms with van der Waals surface area (Å²) in [6, 6.07) is 6.36. The van der Waals surface area contributed by atoms with Gasteiger partial charge in [-0.2, -0.15) is 0 Å². The molecule has 0 saturated carbocycles. The molecule has 0 aliphatic carbocycles.